The average Bonchev–Trinajstić information content (AvgIpc) is 2.67. The Morgan fingerprint density at radius 1 is 1.50 bits per heavy atom. The maximum Gasteiger partial charge on any atom is 0.0866 e. The van der Waals surface area contributed by atoms with Gasteiger partial charge in [-0.3, -0.25) is 0 Å². The highest BCUT2D eigenvalue weighted by Gasteiger charge is 2.15. The second-order valence-electron chi connectivity index (χ2n) is 3.76. The summed E-state index contributed by atoms with van der Waals surface area (Å²) >= 11 is 0. The van der Waals surface area contributed by atoms with Crippen LogP contribution >= 0.6 is 0 Å². The van der Waals surface area contributed by atoms with Gasteiger partial charge in [0.1, 0.15) is 0 Å². The first kappa shape index (κ1) is 9.61. The fourth-order valence-corrected chi connectivity index (χ4v) is 1.86. The van der Waals surface area contributed by atoms with Crippen molar-refractivity contribution < 1.29 is 5.11 Å². The van der Waals surface area contributed by atoms with Crippen LogP contribution in [-0.4, -0.2) is 33.2 Å². The van der Waals surface area contributed by atoms with E-state index in [0.717, 1.165) is 25.3 Å². The number of hydrogen-bond donors (Lipinski definition) is 2. The van der Waals surface area contributed by atoms with Gasteiger partial charge in [-0.1, -0.05) is 5.21 Å². The van der Waals surface area contributed by atoms with Crippen molar-refractivity contribution in [2.75, 3.05) is 13.1 Å². The second kappa shape index (κ2) is 4.52. The number of aliphatic hydroxyl groups is 1. The van der Waals surface area contributed by atoms with Crippen LogP contribution in [0.4, 0.5) is 0 Å². The highest BCUT2D eigenvalue weighted by Crippen LogP contribution is 2.14. The van der Waals surface area contributed by atoms with Gasteiger partial charge in [0.25, 0.3) is 0 Å². The monoisotopic (exact) mass is 196 g/mol. The molecule has 0 amide bonds. The van der Waals surface area contributed by atoms with Gasteiger partial charge < -0.3 is 10.4 Å². The Morgan fingerprint density at radius 2 is 2.29 bits per heavy atom. The minimum Gasteiger partial charge on any atom is -0.390 e. The van der Waals surface area contributed by atoms with E-state index in [4.69, 9.17) is 5.11 Å². The molecule has 0 bridgehead atoms. The molecule has 5 heteroatoms. The van der Waals surface area contributed by atoms with Crippen molar-refractivity contribution in [2.45, 2.75) is 26.0 Å². The molecule has 0 unspecified atom stereocenters. The van der Waals surface area contributed by atoms with Gasteiger partial charge in [-0.05, 0) is 31.8 Å². The van der Waals surface area contributed by atoms with E-state index in [1.807, 2.05) is 4.68 Å². The van der Waals surface area contributed by atoms with Gasteiger partial charge in [-0.2, -0.15) is 0 Å². The van der Waals surface area contributed by atoms with Gasteiger partial charge in [0.05, 0.1) is 18.5 Å². The summed E-state index contributed by atoms with van der Waals surface area (Å²) < 4.78 is 1.82. The topological polar surface area (TPSA) is 63.0 Å². The number of nitrogens with one attached hydrogen (secondary N) is 1. The molecular formula is C9H16N4O. The first-order valence-electron chi connectivity index (χ1n) is 5.09. The van der Waals surface area contributed by atoms with Crippen LogP contribution in [0.15, 0.2) is 6.20 Å². The van der Waals surface area contributed by atoms with Crippen molar-refractivity contribution in [3.05, 3.63) is 11.9 Å². The first-order chi connectivity index (χ1) is 6.90. The Bertz CT molecular complexity index is 280. The maximum atomic E-state index is 9.02. The molecule has 0 aliphatic carbocycles. The van der Waals surface area contributed by atoms with E-state index in [1.54, 1.807) is 6.20 Å². The standard InChI is InChI=1S/C9H16N4O/c14-7-9-5-11-12-13(9)6-8-1-3-10-4-2-8/h5,8,10,14H,1-4,6-7H2. The second-order valence-corrected chi connectivity index (χ2v) is 3.76. The molecule has 14 heavy (non-hydrogen) atoms. The van der Waals surface area contributed by atoms with Crippen molar-refractivity contribution in [1.82, 2.24) is 20.3 Å². The third-order valence-electron chi connectivity index (χ3n) is 2.75. The maximum absolute atomic E-state index is 9.02. The highest BCUT2D eigenvalue weighted by atomic mass is 16.3. The van der Waals surface area contributed by atoms with E-state index in [2.05, 4.69) is 15.6 Å². The van der Waals surface area contributed by atoms with Crippen LogP contribution in [0.1, 0.15) is 18.5 Å². The van der Waals surface area contributed by atoms with E-state index >= 15 is 0 Å². The molecule has 0 radical (unpaired) electrons. The lowest BCUT2D eigenvalue weighted by molar-refractivity contribution is 0.254. The zero-order valence-corrected chi connectivity index (χ0v) is 8.19. The fourth-order valence-electron chi connectivity index (χ4n) is 1.86. The predicted octanol–water partition coefficient (Wildman–Crippen LogP) is -0.230. The molecule has 1 fully saturated rings. The molecule has 1 aliphatic rings. The summed E-state index contributed by atoms with van der Waals surface area (Å²) in [5.41, 5.74) is 0.809. The lowest BCUT2D eigenvalue weighted by atomic mass is 9.98. The van der Waals surface area contributed by atoms with Crippen molar-refractivity contribution in [2.24, 2.45) is 5.92 Å². The first-order valence-corrected chi connectivity index (χ1v) is 5.09. The Morgan fingerprint density at radius 3 is 3.00 bits per heavy atom. The third-order valence-corrected chi connectivity index (χ3v) is 2.75. The van der Waals surface area contributed by atoms with Crippen LogP contribution in [0.3, 0.4) is 0 Å². The van der Waals surface area contributed by atoms with Gasteiger partial charge >= 0.3 is 0 Å². The molecule has 1 aromatic rings. The van der Waals surface area contributed by atoms with Crippen molar-refractivity contribution in [3.63, 3.8) is 0 Å². The predicted molar refractivity (Wildman–Crippen MR) is 51.5 cm³/mol. The van der Waals surface area contributed by atoms with Crippen molar-refractivity contribution >= 4 is 0 Å². The van der Waals surface area contributed by atoms with Crippen LogP contribution in [0.25, 0.3) is 0 Å². The van der Waals surface area contributed by atoms with E-state index in [-0.39, 0.29) is 6.61 Å². The number of piperidine rings is 1. The normalized spacial score (nSPS) is 18.6. The van der Waals surface area contributed by atoms with E-state index in [1.165, 1.54) is 12.8 Å². The zero-order valence-electron chi connectivity index (χ0n) is 8.19. The summed E-state index contributed by atoms with van der Waals surface area (Å²) in [4.78, 5) is 0. The SMILES string of the molecule is OCc1cnnn1CC1CCNCC1. The summed E-state index contributed by atoms with van der Waals surface area (Å²) in [5.74, 6) is 0.670. The minimum atomic E-state index is 0.0258. The van der Waals surface area contributed by atoms with Gasteiger partial charge in [0, 0.05) is 6.54 Å². The lowest BCUT2D eigenvalue weighted by Crippen LogP contribution is -2.30. The highest BCUT2D eigenvalue weighted by molar-refractivity contribution is 4.91. The molecule has 2 rings (SSSR count). The molecule has 0 aromatic carbocycles. The number of aliphatic hydroxyl groups excluding tert-OH is 1. The van der Waals surface area contributed by atoms with E-state index < -0.39 is 0 Å². The molecule has 78 valence electrons. The Balaban J connectivity index is 1.95. The van der Waals surface area contributed by atoms with Crippen LogP contribution in [-0.2, 0) is 13.2 Å². The number of aromatic nitrogens is 3. The molecule has 1 saturated heterocycles. The van der Waals surface area contributed by atoms with Crippen LogP contribution < -0.4 is 5.32 Å². The fraction of sp³-hybridized carbons (Fsp3) is 0.778. The Kier molecular flexibility index (Phi) is 3.10. The van der Waals surface area contributed by atoms with Gasteiger partial charge in [-0.15, -0.1) is 5.10 Å². The third kappa shape index (κ3) is 2.10. The summed E-state index contributed by atoms with van der Waals surface area (Å²) in [6.07, 6.45) is 4.00. The number of hydrogen-bond acceptors (Lipinski definition) is 4. The average molecular weight is 196 g/mol. The van der Waals surface area contributed by atoms with E-state index in [0.29, 0.717) is 5.92 Å². The van der Waals surface area contributed by atoms with Crippen LogP contribution in [0, 0.1) is 5.92 Å². The molecule has 1 aromatic heterocycles. The van der Waals surface area contributed by atoms with Crippen LogP contribution in [0.5, 0.6) is 0 Å². The summed E-state index contributed by atoms with van der Waals surface area (Å²) in [7, 11) is 0. The lowest BCUT2D eigenvalue weighted by Gasteiger charge is -2.22. The number of nitrogens with zero attached hydrogens (tertiary/aromatic N) is 3. The van der Waals surface area contributed by atoms with Crippen LogP contribution in [0.2, 0.25) is 0 Å². The largest absolute Gasteiger partial charge is 0.390 e. The summed E-state index contributed by atoms with van der Waals surface area (Å²) in [6.45, 7) is 3.09. The molecule has 2 N–H and O–H groups in total. The molecule has 2 heterocycles. The smallest absolute Gasteiger partial charge is 0.0866 e. The number of rotatable bonds is 3. The quantitative estimate of drug-likeness (QED) is 0.701. The molecule has 1 aliphatic heterocycles. The molecular weight excluding hydrogens is 180 g/mol. The van der Waals surface area contributed by atoms with Gasteiger partial charge in [-0.25, -0.2) is 4.68 Å². The van der Waals surface area contributed by atoms with Crippen molar-refractivity contribution in [3.8, 4) is 0 Å². The van der Waals surface area contributed by atoms with Gasteiger partial charge in [0.15, 0.2) is 0 Å². The zero-order chi connectivity index (χ0) is 9.80. The van der Waals surface area contributed by atoms with Crippen molar-refractivity contribution in [1.29, 1.82) is 0 Å². The molecule has 0 saturated carbocycles. The Labute approximate surface area is 83.1 Å². The molecule has 0 spiro atoms. The Hall–Kier alpha value is -0.940. The molecule has 5 nitrogen and oxygen atoms in total. The molecule has 0 atom stereocenters. The minimum absolute atomic E-state index is 0.0258. The van der Waals surface area contributed by atoms with Gasteiger partial charge in [0.2, 0.25) is 0 Å². The summed E-state index contributed by atoms with van der Waals surface area (Å²) in [6, 6.07) is 0. The van der Waals surface area contributed by atoms with E-state index in [9.17, 15) is 0 Å². The summed E-state index contributed by atoms with van der Waals surface area (Å²) in [5, 5.41) is 20.1.